The number of nitrogens with one attached hydrogen (secondary N) is 2. The molecule has 5 nitrogen and oxygen atoms in total. The third-order valence-electron chi connectivity index (χ3n) is 3.53. The molecule has 0 aromatic carbocycles. The van der Waals surface area contributed by atoms with Crippen LogP contribution in [-0.2, 0) is 6.54 Å². The van der Waals surface area contributed by atoms with Gasteiger partial charge in [-0.05, 0) is 45.6 Å². The minimum Gasteiger partial charge on any atom is -0.474 e. The highest BCUT2D eigenvalue weighted by Gasteiger charge is 2.18. The van der Waals surface area contributed by atoms with E-state index < -0.39 is 0 Å². The quantitative estimate of drug-likeness (QED) is 0.424. The Balaban J connectivity index is 0.00000242. The number of rotatable bonds is 6. The average molecular weight is 418 g/mol. The molecule has 1 heterocycles. The lowest BCUT2D eigenvalue weighted by molar-refractivity contribution is 0.199. The van der Waals surface area contributed by atoms with E-state index in [9.17, 15) is 0 Å². The number of hydrogen-bond acceptors (Lipinski definition) is 3. The van der Waals surface area contributed by atoms with Gasteiger partial charge in [-0.15, -0.1) is 24.0 Å². The van der Waals surface area contributed by atoms with Crippen molar-refractivity contribution in [3.05, 3.63) is 23.9 Å². The van der Waals surface area contributed by atoms with Crippen molar-refractivity contribution in [2.45, 2.75) is 52.2 Å². The van der Waals surface area contributed by atoms with E-state index in [2.05, 4.69) is 34.5 Å². The fourth-order valence-electron chi connectivity index (χ4n) is 2.49. The molecular weight excluding hydrogens is 391 g/mol. The van der Waals surface area contributed by atoms with Gasteiger partial charge in [-0.3, -0.25) is 0 Å². The topological polar surface area (TPSA) is 58.5 Å². The normalized spacial score (nSPS) is 14.1. The Kier molecular flexibility index (Phi) is 9.19. The third kappa shape index (κ3) is 5.98. The molecule has 0 amide bonds. The van der Waals surface area contributed by atoms with Crippen LogP contribution in [0, 0.1) is 0 Å². The van der Waals surface area contributed by atoms with Gasteiger partial charge in [-0.2, -0.15) is 0 Å². The summed E-state index contributed by atoms with van der Waals surface area (Å²) in [7, 11) is 0. The summed E-state index contributed by atoms with van der Waals surface area (Å²) in [6.45, 7) is 6.40. The molecule has 1 saturated carbocycles. The molecule has 0 spiro atoms. The molecule has 0 bridgehead atoms. The van der Waals surface area contributed by atoms with E-state index in [-0.39, 0.29) is 24.0 Å². The minimum absolute atomic E-state index is 0. The molecule has 0 aliphatic heterocycles. The second-order valence-electron chi connectivity index (χ2n) is 5.22. The Labute approximate surface area is 150 Å². The SMILES string of the molecule is CCNC(=NCc1cccnc1OC1CCCC1)NCC.I. The largest absolute Gasteiger partial charge is 0.474 e. The van der Waals surface area contributed by atoms with Crippen molar-refractivity contribution in [3.8, 4) is 5.88 Å². The number of aliphatic imine (C=N–C) groups is 1. The van der Waals surface area contributed by atoms with Crippen LogP contribution in [-0.4, -0.2) is 30.1 Å². The van der Waals surface area contributed by atoms with Crippen molar-refractivity contribution in [2.24, 2.45) is 4.99 Å². The summed E-state index contributed by atoms with van der Waals surface area (Å²) in [4.78, 5) is 8.96. The molecule has 0 unspecified atom stereocenters. The first kappa shape index (κ1) is 19.0. The molecule has 1 fully saturated rings. The summed E-state index contributed by atoms with van der Waals surface area (Å²) in [5.74, 6) is 1.57. The van der Waals surface area contributed by atoms with Crippen LogP contribution in [0.3, 0.4) is 0 Å². The Morgan fingerprint density at radius 1 is 1.27 bits per heavy atom. The van der Waals surface area contributed by atoms with E-state index in [1.807, 2.05) is 12.1 Å². The summed E-state index contributed by atoms with van der Waals surface area (Å²) in [5.41, 5.74) is 1.04. The lowest BCUT2D eigenvalue weighted by Gasteiger charge is -2.15. The standard InChI is InChI=1S/C16H26N4O.HI/c1-3-17-16(18-4-2)20-12-13-8-7-11-19-15(13)21-14-9-5-6-10-14;/h7-8,11,14H,3-6,9-10,12H2,1-2H3,(H2,17,18,20);1H. The Morgan fingerprint density at radius 2 is 1.95 bits per heavy atom. The second kappa shape index (κ2) is 10.6. The maximum absolute atomic E-state index is 6.04. The van der Waals surface area contributed by atoms with E-state index in [1.165, 1.54) is 12.8 Å². The molecule has 1 aliphatic rings. The zero-order valence-electron chi connectivity index (χ0n) is 13.5. The molecule has 1 aliphatic carbocycles. The van der Waals surface area contributed by atoms with Crippen molar-refractivity contribution >= 4 is 29.9 Å². The number of ether oxygens (including phenoxy) is 1. The van der Waals surface area contributed by atoms with Crippen LogP contribution in [0.15, 0.2) is 23.3 Å². The molecule has 1 aromatic heterocycles. The van der Waals surface area contributed by atoms with Crippen molar-refractivity contribution in [1.82, 2.24) is 15.6 Å². The predicted octanol–water partition coefficient (Wildman–Crippen LogP) is 3.10. The first-order valence-electron chi connectivity index (χ1n) is 7.96. The second-order valence-corrected chi connectivity index (χ2v) is 5.22. The van der Waals surface area contributed by atoms with Crippen LogP contribution in [0.1, 0.15) is 45.1 Å². The van der Waals surface area contributed by atoms with Crippen LogP contribution in [0.2, 0.25) is 0 Å². The van der Waals surface area contributed by atoms with Gasteiger partial charge in [0.05, 0.1) is 6.54 Å². The summed E-state index contributed by atoms with van der Waals surface area (Å²) in [6, 6.07) is 3.98. The Morgan fingerprint density at radius 3 is 2.59 bits per heavy atom. The van der Waals surface area contributed by atoms with Gasteiger partial charge in [-0.25, -0.2) is 9.98 Å². The molecule has 2 rings (SSSR count). The highest BCUT2D eigenvalue weighted by Crippen LogP contribution is 2.25. The summed E-state index contributed by atoms with van der Waals surface area (Å²) in [5, 5.41) is 6.45. The zero-order valence-corrected chi connectivity index (χ0v) is 15.8. The van der Waals surface area contributed by atoms with E-state index in [1.54, 1.807) is 6.20 Å². The third-order valence-corrected chi connectivity index (χ3v) is 3.53. The molecule has 0 radical (unpaired) electrons. The van der Waals surface area contributed by atoms with Gasteiger partial charge in [0.1, 0.15) is 6.10 Å². The number of guanidine groups is 1. The Bertz CT molecular complexity index is 453. The summed E-state index contributed by atoms with van der Waals surface area (Å²) >= 11 is 0. The van der Waals surface area contributed by atoms with Crippen molar-refractivity contribution in [2.75, 3.05) is 13.1 Å². The molecule has 1 aromatic rings. The molecular formula is C16H27IN4O. The van der Waals surface area contributed by atoms with E-state index in [4.69, 9.17) is 4.74 Å². The monoisotopic (exact) mass is 418 g/mol. The minimum atomic E-state index is 0. The van der Waals surface area contributed by atoms with Gasteiger partial charge in [0.15, 0.2) is 5.96 Å². The van der Waals surface area contributed by atoms with Gasteiger partial charge < -0.3 is 15.4 Å². The van der Waals surface area contributed by atoms with Crippen molar-refractivity contribution in [3.63, 3.8) is 0 Å². The smallest absolute Gasteiger partial charge is 0.218 e. The van der Waals surface area contributed by atoms with Gasteiger partial charge >= 0.3 is 0 Å². The van der Waals surface area contributed by atoms with Crippen LogP contribution in [0.4, 0.5) is 0 Å². The number of pyridine rings is 1. The summed E-state index contributed by atoms with van der Waals surface area (Å²) < 4.78 is 6.04. The maximum Gasteiger partial charge on any atom is 0.218 e. The number of nitrogens with zero attached hydrogens (tertiary/aromatic N) is 2. The molecule has 6 heteroatoms. The predicted molar refractivity (Wildman–Crippen MR) is 101 cm³/mol. The van der Waals surface area contributed by atoms with Crippen LogP contribution in [0.25, 0.3) is 0 Å². The number of aromatic nitrogens is 1. The van der Waals surface area contributed by atoms with Crippen LogP contribution in [0.5, 0.6) is 5.88 Å². The first-order valence-corrected chi connectivity index (χ1v) is 7.96. The van der Waals surface area contributed by atoms with Crippen molar-refractivity contribution < 1.29 is 4.74 Å². The van der Waals surface area contributed by atoms with Gasteiger partial charge in [0.2, 0.25) is 5.88 Å². The molecule has 22 heavy (non-hydrogen) atoms. The highest BCUT2D eigenvalue weighted by molar-refractivity contribution is 14.0. The first-order chi connectivity index (χ1) is 10.3. The fourth-order valence-corrected chi connectivity index (χ4v) is 2.49. The molecule has 0 saturated heterocycles. The lowest BCUT2D eigenvalue weighted by atomic mass is 10.2. The van der Waals surface area contributed by atoms with Crippen molar-refractivity contribution in [1.29, 1.82) is 0 Å². The zero-order chi connectivity index (χ0) is 14.9. The lowest BCUT2D eigenvalue weighted by Crippen LogP contribution is -2.37. The van der Waals surface area contributed by atoms with E-state index in [0.717, 1.165) is 43.3 Å². The van der Waals surface area contributed by atoms with Crippen LogP contribution >= 0.6 is 24.0 Å². The van der Waals surface area contributed by atoms with Crippen LogP contribution < -0.4 is 15.4 Å². The number of halogens is 1. The van der Waals surface area contributed by atoms with Gasteiger partial charge in [0, 0.05) is 24.8 Å². The number of hydrogen-bond donors (Lipinski definition) is 2. The van der Waals surface area contributed by atoms with E-state index in [0.29, 0.717) is 12.6 Å². The van der Waals surface area contributed by atoms with E-state index >= 15 is 0 Å². The maximum atomic E-state index is 6.04. The van der Waals surface area contributed by atoms with Gasteiger partial charge in [0.25, 0.3) is 0 Å². The fraction of sp³-hybridized carbons (Fsp3) is 0.625. The summed E-state index contributed by atoms with van der Waals surface area (Å²) in [6.07, 6.45) is 6.90. The highest BCUT2D eigenvalue weighted by atomic mass is 127. The Hall–Kier alpha value is -1.05. The van der Waals surface area contributed by atoms with Gasteiger partial charge in [-0.1, -0.05) is 6.07 Å². The molecule has 0 atom stereocenters. The molecule has 2 N–H and O–H groups in total. The molecule has 124 valence electrons. The average Bonchev–Trinajstić information content (AvgIpc) is 2.99.